The molecule has 0 saturated heterocycles. The minimum Gasteiger partial charge on any atom is -0.480 e. The molecule has 11 nitrogen and oxygen atoms in total. The molecule has 4 unspecified atom stereocenters. The molecule has 0 amide bonds. The van der Waals surface area contributed by atoms with Crippen molar-refractivity contribution in [1.29, 1.82) is 0 Å². The first kappa shape index (κ1) is 34.9. The molecule has 1 fully saturated rings. The van der Waals surface area contributed by atoms with E-state index in [9.17, 15) is 24.3 Å². The largest absolute Gasteiger partial charge is 0.514 e. The quantitative estimate of drug-likeness (QED) is 0.152. The van der Waals surface area contributed by atoms with Gasteiger partial charge < -0.3 is 34.5 Å². The van der Waals surface area contributed by atoms with Gasteiger partial charge in [-0.3, -0.25) is 9.59 Å². The first-order valence-electron chi connectivity index (χ1n) is 14.8. The van der Waals surface area contributed by atoms with Crippen molar-refractivity contribution in [2.24, 2.45) is 23.5 Å². The number of benzene rings is 1. The predicted octanol–water partition coefficient (Wildman–Crippen LogP) is 6.20. The van der Waals surface area contributed by atoms with Crippen LogP contribution in [0.4, 0.5) is 9.59 Å². The molecule has 236 valence electrons. The molecule has 0 bridgehead atoms. The molecule has 1 saturated carbocycles. The van der Waals surface area contributed by atoms with Gasteiger partial charge in [0.2, 0.25) is 0 Å². The van der Waals surface area contributed by atoms with E-state index in [-0.39, 0.29) is 41.6 Å². The van der Waals surface area contributed by atoms with Crippen LogP contribution in [0.3, 0.4) is 0 Å². The molecule has 11 heteroatoms. The summed E-state index contributed by atoms with van der Waals surface area (Å²) in [6.07, 6.45) is 1.11. The molecule has 1 aromatic carbocycles. The number of hydrogen-bond donors (Lipinski definition) is 2. The number of esters is 1. The van der Waals surface area contributed by atoms with E-state index in [1.807, 2.05) is 27.7 Å². The standard InChI is InChI=1S/C31H47NO10/c1-17(2)20(6)39-30(36)41-25-14-13-23(16-26(25)42-31(37)40-21(7)18(3)4)24(27(32)28(33)34)15-19(5)38-29(35)22-11-9-8-10-12-22/h13-14,16-22,24,27H,8-12,15,32H2,1-7H3,(H,33,34)/t19?,20?,21?,24?,27-/m0/s1. The van der Waals surface area contributed by atoms with Crippen molar-refractivity contribution in [3.8, 4) is 11.5 Å². The number of hydrogen-bond acceptors (Lipinski definition) is 10. The third kappa shape index (κ3) is 10.8. The van der Waals surface area contributed by atoms with Crippen molar-refractivity contribution in [2.45, 2.75) is 117 Å². The van der Waals surface area contributed by atoms with E-state index >= 15 is 0 Å². The zero-order valence-electron chi connectivity index (χ0n) is 25.8. The second kappa shape index (κ2) is 16.3. The Bertz CT molecular complexity index is 1070. The van der Waals surface area contributed by atoms with Gasteiger partial charge in [-0.25, -0.2) is 9.59 Å². The number of carbonyl (C=O) groups is 4. The number of rotatable bonds is 13. The zero-order chi connectivity index (χ0) is 31.6. The second-order valence-electron chi connectivity index (χ2n) is 11.8. The fourth-order valence-electron chi connectivity index (χ4n) is 4.42. The fraction of sp³-hybridized carbons (Fsp3) is 0.677. The highest BCUT2D eigenvalue weighted by atomic mass is 16.7. The Balaban J connectivity index is 2.35. The number of carboxylic acid groups (broad SMARTS) is 1. The lowest BCUT2D eigenvalue weighted by atomic mass is 9.86. The monoisotopic (exact) mass is 593 g/mol. The Morgan fingerprint density at radius 2 is 1.33 bits per heavy atom. The summed E-state index contributed by atoms with van der Waals surface area (Å²) in [5.41, 5.74) is 6.47. The molecule has 0 heterocycles. The molecule has 1 aliphatic rings. The van der Waals surface area contributed by atoms with Crippen molar-refractivity contribution in [3.63, 3.8) is 0 Å². The van der Waals surface area contributed by atoms with Crippen LogP contribution in [0.15, 0.2) is 18.2 Å². The fourth-order valence-corrected chi connectivity index (χ4v) is 4.42. The Kier molecular flexibility index (Phi) is 13.6. The van der Waals surface area contributed by atoms with Crippen LogP contribution in [0.5, 0.6) is 11.5 Å². The Hall–Kier alpha value is -3.34. The van der Waals surface area contributed by atoms with Crippen LogP contribution < -0.4 is 15.2 Å². The van der Waals surface area contributed by atoms with Crippen LogP contribution >= 0.6 is 0 Å². The first-order valence-corrected chi connectivity index (χ1v) is 14.8. The van der Waals surface area contributed by atoms with Crippen LogP contribution in [0.25, 0.3) is 0 Å². The molecule has 0 spiro atoms. The second-order valence-corrected chi connectivity index (χ2v) is 11.8. The van der Waals surface area contributed by atoms with E-state index in [4.69, 9.17) is 29.4 Å². The third-order valence-electron chi connectivity index (χ3n) is 7.78. The summed E-state index contributed by atoms with van der Waals surface area (Å²) in [5.74, 6) is -2.82. The summed E-state index contributed by atoms with van der Waals surface area (Å²) < 4.78 is 27.1. The van der Waals surface area contributed by atoms with Crippen molar-refractivity contribution in [1.82, 2.24) is 0 Å². The first-order chi connectivity index (χ1) is 19.7. The minimum atomic E-state index is -1.37. The van der Waals surface area contributed by atoms with Crippen molar-refractivity contribution < 1.29 is 48.0 Å². The van der Waals surface area contributed by atoms with Crippen LogP contribution in [0, 0.1) is 17.8 Å². The third-order valence-corrected chi connectivity index (χ3v) is 7.78. The predicted molar refractivity (Wildman–Crippen MR) is 154 cm³/mol. The maximum absolute atomic E-state index is 12.7. The van der Waals surface area contributed by atoms with Crippen LogP contribution in [0.1, 0.15) is 98.5 Å². The van der Waals surface area contributed by atoms with E-state index in [1.165, 1.54) is 18.2 Å². The normalized spacial score (nSPS) is 17.5. The average Bonchev–Trinajstić information content (AvgIpc) is 2.92. The molecule has 0 aromatic heterocycles. The smallest absolute Gasteiger partial charge is 0.480 e. The van der Waals surface area contributed by atoms with Crippen LogP contribution in [-0.4, -0.2) is 53.7 Å². The van der Waals surface area contributed by atoms with Crippen LogP contribution in [-0.2, 0) is 23.8 Å². The number of carboxylic acids is 1. The topological polar surface area (TPSA) is 161 Å². The lowest BCUT2D eigenvalue weighted by Crippen LogP contribution is -2.38. The van der Waals surface area contributed by atoms with E-state index in [0.717, 1.165) is 32.1 Å². The molecule has 3 N–H and O–H groups in total. The van der Waals surface area contributed by atoms with Gasteiger partial charge in [0.25, 0.3) is 0 Å². The van der Waals surface area contributed by atoms with Crippen molar-refractivity contribution in [2.75, 3.05) is 0 Å². The summed E-state index contributed by atoms with van der Waals surface area (Å²) >= 11 is 0. The summed E-state index contributed by atoms with van der Waals surface area (Å²) in [7, 11) is 0. The van der Waals surface area contributed by atoms with Gasteiger partial charge in [0.1, 0.15) is 18.2 Å². The molecule has 5 atom stereocenters. The minimum absolute atomic E-state index is 0.0165. The van der Waals surface area contributed by atoms with Gasteiger partial charge in [-0.1, -0.05) is 53.0 Å². The number of carbonyl (C=O) groups excluding carboxylic acids is 3. The van der Waals surface area contributed by atoms with E-state index in [0.29, 0.717) is 5.56 Å². The average molecular weight is 594 g/mol. The van der Waals surface area contributed by atoms with Gasteiger partial charge in [0.05, 0.1) is 12.0 Å². The summed E-state index contributed by atoms with van der Waals surface area (Å²) in [6, 6.07) is 2.89. The van der Waals surface area contributed by atoms with Gasteiger partial charge in [0, 0.05) is 5.92 Å². The van der Waals surface area contributed by atoms with E-state index in [2.05, 4.69) is 0 Å². The van der Waals surface area contributed by atoms with Crippen molar-refractivity contribution >= 4 is 24.2 Å². The maximum atomic E-state index is 12.7. The van der Waals surface area contributed by atoms with Crippen LogP contribution in [0.2, 0.25) is 0 Å². The zero-order valence-corrected chi connectivity index (χ0v) is 25.8. The lowest BCUT2D eigenvalue weighted by Gasteiger charge is -2.27. The highest BCUT2D eigenvalue weighted by Gasteiger charge is 2.32. The van der Waals surface area contributed by atoms with Gasteiger partial charge >= 0.3 is 24.2 Å². The SMILES string of the molecule is CC(CC(c1ccc(OC(=O)OC(C)C(C)C)c(OC(=O)OC(C)C(C)C)c1)[C@H](N)C(=O)O)OC(=O)C1CCCCC1. The maximum Gasteiger partial charge on any atom is 0.514 e. The van der Waals surface area contributed by atoms with E-state index < -0.39 is 48.6 Å². The summed E-state index contributed by atoms with van der Waals surface area (Å²) in [6.45, 7) is 12.6. The molecular formula is C31H47NO10. The van der Waals surface area contributed by atoms with Gasteiger partial charge in [0.15, 0.2) is 11.5 Å². The number of ether oxygens (including phenoxy) is 5. The summed E-state index contributed by atoms with van der Waals surface area (Å²) in [5, 5.41) is 9.76. The molecule has 2 rings (SSSR count). The Morgan fingerprint density at radius 3 is 1.83 bits per heavy atom. The summed E-state index contributed by atoms with van der Waals surface area (Å²) in [4.78, 5) is 49.7. The Morgan fingerprint density at radius 1 is 0.810 bits per heavy atom. The molecule has 0 aliphatic heterocycles. The van der Waals surface area contributed by atoms with Gasteiger partial charge in [-0.05, 0) is 69.6 Å². The molecule has 1 aromatic rings. The van der Waals surface area contributed by atoms with Gasteiger partial charge in [-0.15, -0.1) is 0 Å². The number of nitrogens with two attached hydrogens (primary N) is 1. The Labute approximate surface area is 248 Å². The van der Waals surface area contributed by atoms with E-state index in [1.54, 1.807) is 20.8 Å². The van der Waals surface area contributed by atoms with Crippen molar-refractivity contribution in [3.05, 3.63) is 23.8 Å². The molecular weight excluding hydrogens is 546 g/mol. The number of aliphatic carboxylic acids is 1. The highest BCUT2D eigenvalue weighted by molar-refractivity contribution is 5.75. The van der Waals surface area contributed by atoms with Gasteiger partial charge in [-0.2, -0.15) is 0 Å². The molecule has 1 aliphatic carbocycles. The molecule has 0 radical (unpaired) electrons. The highest BCUT2D eigenvalue weighted by Crippen LogP contribution is 2.36. The molecule has 42 heavy (non-hydrogen) atoms. The lowest BCUT2D eigenvalue weighted by molar-refractivity contribution is -0.155.